The van der Waals surface area contributed by atoms with Crippen LogP contribution in [0.3, 0.4) is 0 Å². The van der Waals surface area contributed by atoms with Crippen molar-refractivity contribution in [1.29, 1.82) is 5.26 Å². The van der Waals surface area contributed by atoms with E-state index in [1.807, 2.05) is 12.2 Å². The summed E-state index contributed by atoms with van der Waals surface area (Å²) in [5.41, 5.74) is 0.902. The van der Waals surface area contributed by atoms with Crippen LogP contribution < -0.4 is 5.32 Å². The number of carbonyl (C=O) groups excluding carboxylic acids is 1. The maximum atomic E-state index is 11.5. The third-order valence-electron chi connectivity index (χ3n) is 1.80. The fraction of sp³-hybridized carbons (Fsp3) is 0.100. The molecule has 0 saturated heterocycles. The number of amides is 1. The second-order valence-electron chi connectivity index (χ2n) is 3.16. The molecule has 0 saturated carbocycles. The highest BCUT2D eigenvalue weighted by Gasteiger charge is 2.14. The molecule has 0 fully saturated rings. The molecule has 1 N–H and O–H groups in total. The molecule has 94 valence electrons. The SMILES string of the molecule is Cc1ccc(S(=O)(=O)ON=CNC(=O)C#N)cc1. The molecule has 0 aliphatic heterocycles. The van der Waals surface area contributed by atoms with Gasteiger partial charge in [-0.1, -0.05) is 22.9 Å². The summed E-state index contributed by atoms with van der Waals surface area (Å²) < 4.78 is 27.4. The summed E-state index contributed by atoms with van der Waals surface area (Å²) in [6.07, 6.45) is 0.678. The number of nitrogens with one attached hydrogen (secondary N) is 1. The van der Waals surface area contributed by atoms with Crippen molar-refractivity contribution in [2.75, 3.05) is 0 Å². The molecule has 0 atom stereocenters. The molecule has 0 bridgehead atoms. The summed E-state index contributed by atoms with van der Waals surface area (Å²) >= 11 is 0. The molecular formula is C10H9N3O4S. The van der Waals surface area contributed by atoms with Crippen LogP contribution in [0.4, 0.5) is 0 Å². The fourth-order valence-electron chi connectivity index (χ4n) is 0.943. The van der Waals surface area contributed by atoms with Gasteiger partial charge in [0.05, 0.1) is 0 Å². The number of benzene rings is 1. The van der Waals surface area contributed by atoms with Gasteiger partial charge in [-0.15, -0.1) is 0 Å². The van der Waals surface area contributed by atoms with Gasteiger partial charge in [0.25, 0.3) is 0 Å². The van der Waals surface area contributed by atoms with E-state index in [2.05, 4.69) is 9.44 Å². The zero-order chi connectivity index (χ0) is 13.6. The highest BCUT2D eigenvalue weighted by molar-refractivity contribution is 7.86. The van der Waals surface area contributed by atoms with Crippen LogP contribution in [0, 0.1) is 18.3 Å². The highest BCUT2D eigenvalue weighted by Crippen LogP contribution is 2.12. The Morgan fingerprint density at radius 1 is 1.44 bits per heavy atom. The minimum atomic E-state index is -4.01. The molecule has 18 heavy (non-hydrogen) atoms. The molecule has 0 unspecified atom stereocenters. The number of hydrogen-bond donors (Lipinski definition) is 1. The normalized spacial score (nSPS) is 10.9. The maximum Gasteiger partial charge on any atom is 0.358 e. The molecule has 0 radical (unpaired) electrons. The molecule has 1 rings (SSSR count). The minimum absolute atomic E-state index is 0.0585. The van der Waals surface area contributed by atoms with E-state index in [1.165, 1.54) is 18.2 Å². The zero-order valence-electron chi connectivity index (χ0n) is 9.32. The first-order valence-corrected chi connectivity index (χ1v) is 6.09. The Bertz CT molecular complexity index is 599. The van der Waals surface area contributed by atoms with Gasteiger partial charge in [-0.3, -0.25) is 9.08 Å². The van der Waals surface area contributed by atoms with Gasteiger partial charge >= 0.3 is 16.0 Å². The molecule has 7 nitrogen and oxygen atoms in total. The Kier molecular flexibility index (Phi) is 4.39. The van der Waals surface area contributed by atoms with E-state index in [4.69, 9.17) is 5.26 Å². The Balaban J connectivity index is 2.69. The Labute approximate surface area is 104 Å². The predicted octanol–water partition coefficient (Wildman–Crippen LogP) is 0.283. The number of nitriles is 1. The van der Waals surface area contributed by atoms with Crippen molar-refractivity contribution in [3.8, 4) is 6.07 Å². The van der Waals surface area contributed by atoms with E-state index in [9.17, 15) is 13.2 Å². The number of nitrogens with zero attached hydrogens (tertiary/aromatic N) is 2. The smallest absolute Gasteiger partial charge is 0.301 e. The minimum Gasteiger partial charge on any atom is -0.301 e. The van der Waals surface area contributed by atoms with Crippen molar-refractivity contribution < 1.29 is 17.5 Å². The van der Waals surface area contributed by atoms with E-state index in [0.29, 0.717) is 6.34 Å². The first-order valence-electron chi connectivity index (χ1n) is 4.68. The van der Waals surface area contributed by atoms with E-state index in [1.54, 1.807) is 12.1 Å². The first-order chi connectivity index (χ1) is 8.45. The topological polar surface area (TPSA) is 109 Å². The molecule has 8 heteroatoms. The molecule has 0 aliphatic rings. The van der Waals surface area contributed by atoms with Gasteiger partial charge in [0.15, 0.2) is 6.07 Å². The van der Waals surface area contributed by atoms with Crippen LogP contribution in [-0.2, 0) is 19.2 Å². The Morgan fingerprint density at radius 2 is 2.06 bits per heavy atom. The van der Waals surface area contributed by atoms with Crippen molar-refractivity contribution >= 4 is 22.4 Å². The van der Waals surface area contributed by atoms with Crippen LogP contribution in [0.15, 0.2) is 34.3 Å². The Morgan fingerprint density at radius 3 is 2.61 bits per heavy atom. The molecular weight excluding hydrogens is 258 g/mol. The van der Waals surface area contributed by atoms with Crippen LogP contribution in [0.1, 0.15) is 5.56 Å². The fourth-order valence-corrected chi connectivity index (χ4v) is 1.66. The second-order valence-corrected chi connectivity index (χ2v) is 4.69. The zero-order valence-corrected chi connectivity index (χ0v) is 10.1. The lowest BCUT2D eigenvalue weighted by Gasteiger charge is -2.01. The van der Waals surface area contributed by atoms with Crippen LogP contribution in [0.2, 0.25) is 0 Å². The van der Waals surface area contributed by atoms with Crippen LogP contribution in [0.5, 0.6) is 0 Å². The van der Waals surface area contributed by atoms with Gasteiger partial charge in [0.2, 0.25) is 0 Å². The molecule has 0 aliphatic carbocycles. The summed E-state index contributed by atoms with van der Waals surface area (Å²) in [7, 11) is -4.01. The summed E-state index contributed by atoms with van der Waals surface area (Å²) in [6.45, 7) is 1.81. The summed E-state index contributed by atoms with van der Waals surface area (Å²) in [5.74, 6) is -0.977. The number of carbonyl (C=O) groups is 1. The average molecular weight is 267 g/mol. The van der Waals surface area contributed by atoms with Crippen molar-refractivity contribution in [3.63, 3.8) is 0 Å². The monoisotopic (exact) mass is 267 g/mol. The third kappa shape index (κ3) is 3.88. The summed E-state index contributed by atoms with van der Waals surface area (Å²) in [6, 6.07) is 7.21. The molecule has 0 heterocycles. The quantitative estimate of drug-likeness (QED) is 0.365. The number of hydrogen-bond acceptors (Lipinski definition) is 6. The van der Waals surface area contributed by atoms with Crippen molar-refractivity contribution in [3.05, 3.63) is 29.8 Å². The van der Waals surface area contributed by atoms with Crippen LogP contribution in [-0.4, -0.2) is 20.7 Å². The lowest BCUT2D eigenvalue weighted by Crippen LogP contribution is -2.19. The van der Waals surface area contributed by atoms with E-state index in [-0.39, 0.29) is 4.90 Å². The third-order valence-corrected chi connectivity index (χ3v) is 2.93. The molecule has 0 aromatic heterocycles. The predicted molar refractivity (Wildman–Crippen MR) is 61.7 cm³/mol. The van der Waals surface area contributed by atoms with Crippen LogP contribution in [0.25, 0.3) is 0 Å². The number of oxime groups is 1. The van der Waals surface area contributed by atoms with Gasteiger partial charge in [0.1, 0.15) is 11.2 Å². The van der Waals surface area contributed by atoms with Gasteiger partial charge < -0.3 is 5.32 Å². The Hall–Kier alpha value is -2.40. The molecule has 0 spiro atoms. The highest BCUT2D eigenvalue weighted by atomic mass is 32.2. The summed E-state index contributed by atoms with van der Waals surface area (Å²) in [5, 5.41) is 13.0. The average Bonchev–Trinajstić information content (AvgIpc) is 2.35. The van der Waals surface area contributed by atoms with E-state index >= 15 is 0 Å². The number of aryl methyl sites for hydroxylation is 1. The molecule has 1 amide bonds. The molecule has 1 aromatic carbocycles. The lowest BCUT2D eigenvalue weighted by atomic mass is 10.2. The number of rotatable bonds is 4. The van der Waals surface area contributed by atoms with Crippen LogP contribution >= 0.6 is 0 Å². The second kappa shape index (κ2) is 5.79. The van der Waals surface area contributed by atoms with E-state index in [0.717, 1.165) is 5.56 Å². The lowest BCUT2D eigenvalue weighted by molar-refractivity contribution is -0.114. The van der Waals surface area contributed by atoms with Crippen molar-refractivity contribution in [2.45, 2.75) is 11.8 Å². The van der Waals surface area contributed by atoms with Crippen molar-refractivity contribution in [1.82, 2.24) is 5.32 Å². The maximum absolute atomic E-state index is 11.5. The largest absolute Gasteiger partial charge is 0.358 e. The van der Waals surface area contributed by atoms with Crippen molar-refractivity contribution in [2.24, 2.45) is 5.16 Å². The standard InChI is InChI=1S/C10H9N3O4S/c1-8-2-4-9(5-3-8)18(15,16)17-13-7-12-10(14)6-11/h2-5,7H,1H3,(H,12,13,14). The van der Waals surface area contributed by atoms with Gasteiger partial charge in [-0.25, -0.2) is 0 Å². The summed E-state index contributed by atoms with van der Waals surface area (Å²) in [4.78, 5) is 10.4. The van der Waals surface area contributed by atoms with Gasteiger partial charge in [-0.05, 0) is 19.1 Å². The van der Waals surface area contributed by atoms with Gasteiger partial charge in [0, 0.05) is 0 Å². The van der Waals surface area contributed by atoms with Gasteiger partial charge in [-0.2, -0.15) is 13.7 Å². The molecule has 1 aromatic rings. The van der Waals surface area contributed by atoms with E-state index < -0.39 is 16.0 Å². The first kappa shape index (κ1) is 13.7.